The fraction of sp³-hybridized carbons (Fsp3) is 0.167. The smallest absolute Gasteiger partial charge is 0.338 e. The number of carbonyl (C=O) groups excluding carboxylic acids is 3. The van der Waals surface area contributed by atoms with E-state index in [0.29, 0.717) is 4.90 Å². The molecule has 0 fully saturated rings. The predicted octanol–water partition coefficient (Wildman–Crippen LogP) is 3.24. The van der Waals surface area contributed by atoms with Gasteiger partial charge in [-0.05, 0) is 36.4 Å². The van der Waals surface area contributed by atoms with Crippen LogP contribution in [-0.2, 0) is 14.3 Å². The molecule has 0 atom stereocenters. The van der Waals surface area contributed by atoms with Crippen molar-refractivity contribution in [3.8, 4) is 5.75 Å². The van der Waals surface area contributed by atoms with Gasteiger partial charge in [-0.2, -0.15) is 0 Å². The van der Waals surface area contributed by atoms with Gasteiger partial charge in [0.2, 0.25) is 0 Å². The Kier molecular flexibility index (Phi) is 6.89. The number of benzene rings is 2. The summed E-state index contributed by atoms with van der Waals surface area (Å²) in [4.78, 5) is 35.7. The number of hydrogen-bond acceptors (Lipinski definition) is 7. The normalized spacial score (nSPS) is 10.2. The largest absolute Gasteiger partial charge is 0.465 e. The third-order valence-electron chi connectivity index (χ3n) is 3.23. The molecule has 2 aromatic rings. The first kappa shape index (κ1) is 20.4. The molecule has 0 aliphatic heterocycles. The van der Waals surface area contributed by atoms with Crippen molar-refractivity contribution < 1.29 is 37.4 Å². The maximum atomic E-state index is 13.2. The van der Waals surface area contributed by atoms with Gasteiger partial charge < -0.3 is 14.2 Å². The average molecular weight is 396 g/mol. The Hall–Kier alpha value is -2.94. The molecular weight excluding hydrogens is 382 g/mol. The first-order valence-electron chi connectivity index (χ1n) is 7.44. The van der Waals surface area contributed by atoms with Crippen LogP contribution in [0.3, 0.4) is 0 Å². The first-order chi connectivity index (χ1) is 12.8. The lowest BCUT2D eigenvalue weighted by Gasteiger charge is -2.09. The van der Waals surface area contributed by atoms with Crippen molar-refractivity contribution in [2.75, 3.05) is 20.0 Å². The maximum Gasteiger partial charge on any atom is 0.338 e. The van der Waals surface area contributed by atoms with Crippen molar-refractivity contribution in [2.24, 2.45) is 0 Å². The van der Waals surface area contributed by atoms with Crippen molar-refractivity contribution in [3.05, 3.63) is 59.2 Å². The minimum Gasteiger partial charge on any atom is -0.465 e. The van der Waals surface area contributed by atoms with Gasteiger partial charge in [0.25, 0.3) is 0 Å². The summed E-state index contributed by atoms with van der Waals surface area (Å²) in [6, 6.07) is 6.94. The molecule has 2 aromatic carbocycles. The van der Waals surface area contributed by atoms with E-state index in [0.717, 1.165) is 38.1 Å². The van der Waals surface area contributed by atoms with Crippen molar-refractivity contribution in [1.29, 1.82) is 0 Å². The number of hydrogen-bond donors (Lipinski definition) is 0. The van der Waals surface area contributed by atoms with Gasteiger partial charge >= 0.3 is 17.9 Å². The number of halogens is 2. The third kappa shape index (κ3) is 5.52. The van der Waals surface area contributed by atoms with Crippen LogP contribution in [0.2, 0.25) is 0 Å². The van der Waals surface area contributed by atoms with Crippen LogP contribution in [0.5, 0.6) is 5.75 Å². The highest BCUT2D eigenvalue weighted by Gasteiger charge is 2.16. The van der Waals surface area contributed by atoms with Crippen molar-refractivity contribution in [2.45, 2.75) is 4.90 Å². The lowest BCUT2D eigenvalue weighted by atomic mass is 10.1. The molecule has 0 saturated carbocycles. The Balaban J connectivity index is 2.12. The van der Waals surface area contributed by atoms with E-state index >= 15 is 0 Å². The van der Waals surface area contributed by atoms with Crippen LogP contribution >= 0.6 is 11.8 Å². The molecule has 0 aromatic heterocycles. The third-order valence-corrected chi connectivity index (χ3v) is 4.20. The highest BCUT2D eigenvalue weighted by atomic mass is 32.2. The zero-order valence-electron chi connectivity index (χ0n) is 14.3. The molecule has 0 aliphatic carbocycles. The van der Waals surface area contributed by atoms with Crippen molar-refractivity contribution >= 4 is 29.7 Å². The van der Waals surface area contributed by atoms with E-state index in [2.05, 4.69) is 9.47 Å². The van der Waals surface area contributed by atoms with E-state index < -0.39 is 29.5 Å². The van der Waals surface area contributed by atoms with E-state index in [-0.39, 0.29) is 22.6 Å². The van der Waals surface area contributed by atoms with Crippen LogP contribution < -0.4 is 4.74 Å². The molecule has 0 amide bonds. The minimum atomic E-state index is -1.03. The second-order valence-electron chi connectivity index (χ2n) is 5.07. The molecule has 0 radical (unpaired) electrons. The van der Waals surface area contributed by atoms with Gasteiger partial charge in [0.1, 0.15) is 5.75 Å². The zero-order valence-corrected chi connectivity index (χ0v) is 15.1. The fourth-order valence-electron chi connectivity index (χ4n) is 2.00. The lowest BCUT2D eigenvalue weighted by Crippen LogP contribution is -2.13. The molecule has 0 aliphatic rings. The molecular formula is C18H14F2O6S. The number of ether oxygens (including phenoxy) is 3. The molecule has 9 heteroatoms. The van der Waals surface area contributed by atoms with E-state index in [4.69, 9.17) is 4.74 Å². The summed E-state index contributed by atoms with van der Waals surface area (Å²) in [5.41, 5.74) is -0.00656. The summed E-state index contributed by atoms with van der Waals surface area (Å²) < 4.78 is 40.4. The van der Waals surface area contributed by atoms with Crippen LogP contribution in [0.15, 0.2) is 41.3 Å². The predicted molar refractivity (Wildman–Crippen MR) is 91.8 cm³/mol. The summed E-state index contributed by atoms with van der Waals surface area (Å²) in [5, 5.41) is 0. The van der Waals surface area contributed by atoms with Gasteiger partial charge in [-0.3, -0.25) is 4.79 Å². The van der Waals surface area contributed by atoms with E-state index in [1.54, 1.807) is 0 Å². The topological polar surface area (TPSA) is 78.9 Å². The molecule has 0 spiro atoms. The Morgan fingerprint density at radius 1 is 0.889 bits per heavy atom. The van der Waals surface area contributed by atoms with Gasteiger partial charge in [-0.1, -0.05) is 0 Å². The molecule has 6 nitrogen and oxygen atoms in total. The zero-order chi connectivity index (χ0) is 20.0. The highest BCUT2D eigenvalue weighted by molar-refractivity contribution is 8.00. The SMILES string of the molecule is COC(=O)c1cc(OC(=O)CSc2ccc(F)c(F)c2)cc(C(=O)OC)c1. The Morgan fingerprint density at radius 3 is 2.00 bits per heavy atom. The molecule has 0 N–H and O–H groups in total. The Labute approximate surface area is 157 Å². The standard InChI is InChI=1S/C18H14F2O6S/c1-24-17(22)10-5-11(18(23)25-2)7-12(6-10)26-16(21)9-27-13-3-4-14(19)15(20)8-13/h3-8H,9H2,1-2H3. The number of esters is 3. The van der Waals surface area contributed by atoms with Crippen LogP contribution in [0.4, 0.5) is 8.78 Å². The van der Waals surface area contributed by atoms with Crippen LogP contribution in [0.25, 0.3) is 0 Å². The van der Waals surface area contributed by atoms with Gasteiger partial charge in [0.15, 0.2) is 11.6 Å². The molecule has 27 heavy (non-hydrogen) atoms. The Bertz CT molecular complexity index is 850. The fourth-order valence-corrected chi connectivity index (χ4v) is 2.69. The number of thioether (sulfide) groups is 1. The molecule has 0 bridgehead atoms. The second kappa shape index (κ2) is 9.13. The monoisotopic (exact) mass is 396 g/mol. The number of methoxy groups -OCH3 is 2. The van der Waals surface area contributed by atoms with Crippen LogP contribution in [0, 0.1) is 11.6 Å². The average Bonchev–Trinajstić information content (AvgIpc) is 2.67. The molecule has 0 heterocycles. The van der Waals surface area contributed by atoms with Crippen LogP contribution in [-0.4, -0.2) is 37.9 Å². The Morgan fingerprint density at radius 2 is 1.48 bits per heavy atom. The number of rotatable bonds is 6. The van der Waals surface area contributed by atoms with E-state index in [1.807, 2.05) is 0 Å². The van der Waals surface area contributed by atoms with Gasteiger partial charge in [-0.15, -0.1) is 11.8 Å². The lowest BCUT2D eigenvalue weighted by molar-refractivity contribution is -0.131. The van der Waals surface area contributed by atoms with Crippen LogP contribution in [0.1, 0.15) is 20.7 Å². The van der Waals surface area contributed by atoms with Gasteiger partial charge in [-0.25, -0.2) is 18.4 Å². The summed E-state index contributed by atoms with van der Waals surface area (Å²) in [7, 11) is 2.33. The van der Waals surface area contributed by atoms with E-state index in [1.165, 1.54) is 24.3 Å². The molecule has 0 unspecified atom stereocenters. The quantitative estimate of drug-likeness (QED) is 0.421. The number of carbonyl (C=O) groups is 3. The highest BCUT2D eigenvalue weighted by Crippen LogP contribution is 2.23. The summed E-state index contributed by atoms with van der Waals surface area (Å²) >= 11 is 0.936. The van der Waals surface area contributed by atoms with Gasteiger partial charge in [0.05, 0.1) is 31.1 Å². The van der Waals surface area contributed by atoms with Crippen molar-refractivity contribution in [1.82, 2.24) is 0 Å². The van der Waals surface area contributed by atoms with Gasteiger partial charge in [0, 0.05) is 4.90 Å². The summed E-state index contributed by atoms with van der Waals surface area (Å²) in [6.45, 7) is 0. The second-order valence-corrected chi connectivity index (χ2v) is 6.12. The molecule has 0 saturated heterocycles. The minimum absolute atomic E-state index is 0.00328. The summed E-state index contributed by atoms with van der Waals surface area (Å²) in [6.07, 6.45) is 0. The molecule has 142 valence electrons. The van der Waals surface area contributed by atoms with E-state index in [9.17, 15) is 23.2 Å². The molecule has 2 rings (SSSR count). The maximum absolute atomic E-state index is 13.2. The summed E-state index contributed by atoms with van der Waals surface area (Å²) in [5.74, 6) is -4.46. The van der Waals surface area contributed by atoms with Crippen molar-refractivity contribution in [3.63, 3.8) is 0 Å². The first-order valence-corrected chi connectivity index (χ1v) is 8.43.